The number of hydrogen-bond acceptors (Lipinski definition) is 6. The Morgan fingerprint density at radius 3 is 2.48 bits per heavy atom. The number of carbonyl (C=O) groups excluding carboxylic acids is 1. The summed E-state index contributed by atoms with van der Waals surface area (Å²) in [4.78, 5) is 14.6. The number of ether oxygens (including phenoxy) is 2. The molecule has 0 aliphatic rings. The van der Waals surface area contributed by atoms with Crippen LogP contribution in [0.4, 0.5) is 5.13 Å². The standard InChI is InChI=1S/C20H21N3O3S/c1-5-23(19(24)14-10-11-16(25-3)17(12-14)26-4)20-22-21-18(27-20)15-9-7-6-8-13(15)2/h6-12H,5H2,1-4H3. The molecule has 0 saturated carbocycles. The number of carbonyl (C=O) groups is 1. The van der Waals surface area contributed by atoms with Crippen LogP contribution in [-0.2, 0) is 0 Å². The normalized spacial score (nSPS) is 10.5. The van der Waals surface area contributed by atoms with Crippen molar-refractivity contribution in [3.63, 3.8) is 0 Å². The fourth-order valence-electron chi connectivity index (χ4n) is 2.74. The quantitative estimate of drug-likeness (QED) is 0.638. The zero-order chi connectivity index (χ0) is 19.4. The minimum Gasteiger partial charge on any atom is -0.493 e. The largest absolute Gasteiger partial charge is 0.493 e. The van der Waals surface area contributed by atoms with Crippen molar-refractivity contribution in [1.29, 1.82) is 0 Å². The van der Waals surface area contributed by atoms with Crippen LogP contribution in [0.1, 0.15) is 22.8 Å². The Bertz CT molecular complexity index is 955. The van der Waals surface area contributed by atoms with Crippen LogP contribution in [0.3, 0.4) is 0 Å². The second-order valence-electron chi connectivity index (χ2n) is 5.82. The first-order valence-electron chi connectivity index (χ1n) is 8.52. The topological polar surface area (TPSA) is 64.6 Å². The van der Waals surface area contributed by atoms with Gasteiger partial charge in [-0.1, -0.05) is 35.6 Å². The summed E-state index contributed by atoms with van der Waals surface area (Å²) in [5.74, 6) is 0.929. The zero-order valence-corrected chi connectivity index (χ0v) is 16.5. The average molecular weight is 383 g/mol. The molecule has 0 aliphatic carbocycles. The number of aromatic nitrogens is 2. The third-order valence-corrected chi connectivity index (χ3v) is 5.19. The molecule has 1 amide bonds. The van der Waals surface area contributed by atoms with E-state index in [9.17, 15) is 4.79 Å². The maximum atomic E-state index is 13.0. The number of amides is 1. The van der Waals surface area contributed by atoms with E-state index >= 15 is 0 Å². The molecule has 0 aliphatic heterocycles. The highest BCUT2D eigenvalue weighted by Crippen LogP contribution is 2.32. The Balaban J connectivity index is 1.91. The number of aryl methyl sites for hydroxylation is 1. The Morgan fingerprint density at radius 2 is 1.81 bits per heavy atom. The molecule has 0 spiro atoms. The van der Waals surface area contributed by atoms with Gasteiger partial charge < -0.3 is 9.47 Å². The summed E-state index contributed by atoms with van der Waals surface area (Å²) in [6, 6.07) is 13.1. The Morgan fingerprint density at radius 1 is 1.07 bits per heavy atom. The van der Waals surface area contributed by atoms with Crippen molar-refractivity contribution in [2.24, 2.45) is 0 Å². The lowest BCUT2D eigenvalue weighted by molar-refractivity contribution is 0.0987. The van der Waals surface area contributed by atoms with Crippen LogP contribution in [0.15, 0.2) is 42.5 Å². The molecule has 6 nitrogen and oxygen atoms in total. The van der Waals surface area contributed by atoms with Gasteiger partial charge in [-0.15, -0.1) is 10.2 Å². The van der Waals surface area contributed by atoms with Gasteiger partial charge in [-0.25, -0.2) is 0 Å². The van der Waals surface area contributed by atoms with Crippen molar-refractivity contribution in [2.45, 2.75) is 13.8 Å². The Hall–Kier alpha value is -2.93. The zero-order valence-electron chi connectivity index (χ0n) is 15.7. The van der Waals surface area contributed by atoms with Gasteiger partial charge in [0.15, 0.2) is 11.5 Å². The van der Waals surface area contributed by atoms with E-state index in [0.29, 0.717) is 28.7 Å². The maximum absolute atomic E-state index is 13.0. The van der Waals surface area contributed by atoms with Crippen LogP contribution in [0.2, 0.25) is 0 Å². The number of rotatable bonds is 6. The monoisotopic (exact) mass is 383 g/mol. The second-order valence-corrected chi connectivity index (χ2v) is 6.78. The molecule has 0 bridgehead atoms. The molecule has 3 aromatic rings. The van der Waals surface area contributed by atoms with Gasteiger partial charge in [0.1, 0.15) is 5.01 Å². The van der Waals surface area contributed by atoms with Crippen molar-refractivity contribution in [1.82, 2.24) is 10.2 Å². The van der Waals surface area contributed by atoms with Crippen LogP contribution in [0, 0.1) is 6.92 Å². The van der Waals surface area contributed by atoms with E-state index < -0.39 is 0 Å². The molecule has 1 heterocycles. The molecule has 140 valence electrons. The SMILES string of the molecule is CCN(C(=O)c1ccc(OC)c(OC)c1)c1nnc(-c2ccccc2C)s1. The molecule has 3 rings (SSSR count). The third kappa shape index (κ3) is 3.78. The van der Waals surface area contributed by atoms with Gasteiger partial charge in [0.25, 0.3) is 5.91 Å². The number of hydrogen-bond donors (Lipinski definition) is 0. The van der Waals surface area contributed by atoms with E-state index in [4.69, 9.17) is 9.47 Å². The molecule has 0 unspecified atom stereocenters. The van der Waals surface area contributed by atoms with Gasteiger partial charge in [-0.05, 0) is 37.6 Å². The molecule has 0 fully saturated rings. The van der Waals surface area contributed by atoms with E-state index in [1.54, 1.807) is 37.3 Å². The lowest BCUT2D eigenvalue weighted by Gasteiger charge is -2.18. The third-order valence-electron chi connectivity index (χ3n) is 4.21. The summed E-state index contributed by atoms with van der Waals surface area (Å²) in [7, 11) is 3.11. The molecule has 0 radical (unpaired) electrons. The van der Waals surface area contributed by atoms with Crippen molar-refractivity contribution in [2.75, 3.05) is 25.7 Å². The molecular weight excluding hydrogens is 362 g/mol. The predicted octanol–water partition coefficient (Wildman–Crippen LogP) is 4.20. The van der Waals surface area contributed by atoms with Gasteiger partial charge in [0, 0.05) is 17.7 Å². The fraction of sp³-hybridized carbons (Fsp3) is 0.250. The van der Waals surface area contributed by atoms with E-state index in [0.717, 1.165) is 16.1 Å². The molecule has 1 aromatic heterocycles. The van der Waals surface area contributed by atoms with Gasteiger partial charge in [-0.2, -0.15) is 0 Å². The van der Waals surface area contributed by atoms with Crippen LogP contribution < -0.4 is 14.4 Å². The van der Waals surface area contributed by atoms with E-state index in [1.165, 1.54) is 11.3 Å². The van der Waals surface area contributed by atoms with Crippen molar-refractivity contribution < 1.29 is 14.3 Å². The first-order valence-corrected chi connectivity index (χ1v) is 9.34. The van der Waals surface area contributed by atoms with Crippen LogP contribution in [-0.4, -0.2) is 36.9 Å². The highest BCUT2D eigenvalue weighted by molar-refractivity contribution is 7.18. The molecule has 2 aromatic carbocycles. The Labute approximate surface area is 162 Å². The second kappa shape index (κ2) is 8.18. The highest BCUT2D eigenvalue weighted by Gasteiger charge is 2.22. The summed E-state index contributed by atoms with van der Waals surface area (Å²) >= 11 is 1.40. The molecule has 27 heavy (non-hydrogen) atoms. The number of anilines is 1. The van der Waals surface area contributed by atoms with Crippen LogP contribution in [0.5, 0.6) is 11.5 Å². The maximum Gasteiger partial charge on any atom is 0.260 e. The van der Waals surface area contributed by atoms with Crippen molar-refractivity contribution in [3.8, 4) is 22.1 Å². The lowest BCUT2D eigenvalue weighted by Crippen LogP contribution is -2.30. The summed E-state index contributed by atoms with van der Waals surface area (Å²) in [5, 5.41) is 9.89. The smallest absolute Gasteiger partial charge is 0.260 e. The molecule has 7 heteroatoms. The van der Waals surface area contributed by atoms with Crippen molar-refractivity contribution >= 4 is 22.4 Å². The Kier molecular flexibility index (Phi) is 5.71. The van der Waals surface area contributed by atoms with Crippen molar-refractivity contribution in [3.05, 3.63) is 53.6 Å². The van der Waals surface area contributed by atoms with Gasteiger partial charge in [0.2, 0.25) is 5.13 Å². The average Bonchev–Trinajstić information content (AvgIpc) is 3.17. The first-order chi connectivity index (χ1) is 13.1. The molecule has 0 saturated heterocycles. The number of nitrogens with zero attached hydrogens (tertiary/aromatic N) is 3. The summed E-state index contributed by atoms with van der Waals surface area (Å²) < 4.78 is 10.5. The number of benzene rings is 2. The van der Waals surface area contributed by atoms with Gasteiger partial charge >= 0.3 is 0 Å². The van der Waals surface area contributed by atoms with E-state index in [-0.39, 0.29) is 5.91 Å². The van der Waals surface area contributed by atoms with Crippen LogP contribution in [0.25, 0.3) is 10.6 Å². The van der Waals surface area contributed by atoms with Crippen LogP contribution >= 0.6 is 11.3 Å². The van der Waals surface area contributed by atoms with Gasteiger partial charge in [-0.3, -0.25) is 9.69 Å². The molecule has 0 atom stereocenters. The highest BCUT2D eigenvalue weighted by atomic mass is 32.1. The molecular formula is C20H21N3O3S. The van der Waals surface area contributed by atoms with Gasteiger partial charge in [0.05, 0.1) is 14.2 Å². The fourth-order valence-corrected chi connectivity index (χ4v) is 3.73. The predicted molar refractivity (Wildman–Crippen MR) is 107 cm³/mol. The molecule has 0 N–H and O–H groups in total. The first kappa shape index (κ1) is 18.8. The minimum atomic E-state index is -0.161. The lowest BCUT2D eigenvalue weighted by atomic mass is 10.1. The summed E-state index contributed by atoms with van der Waals surface area (Å²) in [6.45, 7) is 4.42. The summed E-state index contributed by atoms with van der Waals surface area (Å²) in [6.07, 6.45) is 0. The van der Waals surface area contributed by atoms with E-state index in [2.05, 4.69) is 10.2 Å². The number of methoxy groups -OCH3 is 2. The minimum absolute atomic E-state index is 0.161. The summed E-state index contributed by atoms with van der Waals surface area (Å²) in [5.41, 5.74) is 2.65. The van der Waals surface area contributed by atoms with E-state index in [1.807, 2.05) is 38.1 Å².